The number of aliphatic hydroxyl groups excluding tert-OH is 1. The van der Waals surface area contributed by atoms with Gasteiger partial charge in [0, 0.05) is 26.8 Å². The van der Waals surface area contributed by atoms with E-state index >= 15 is 0 Å². The molecule has 0 saturated carbocycles. The third-order valence-corrected chi connectivity index (χ3v) is 3.51. The smallest absolute Gasteiger partial charge is 0.138 e. The largest absolute Gasteiger partial charge is 0.489 e. The zero-order valence-corrected chi connectivity index (χ0v) is 13.5. The predicted octanol–water partition coefficient (Wildman–Crippen LogP) is 4.37. The number of halogens is 2. The molecule has 0 fully saturated rings. The highest BCUT2D eigenvalue weighted by molar-refractivity contribution is 9.10. The lowest BCUT2D eigenvalue weighted by Crippen LogP contribution is -2.07. The highest BCUT2D eigenvalue weighted by Gasteiger charge is 2.15. The molecule has 106 valence electrons. The van der Waals surface area contributed by atoms with Crippen LogP contribution in [-0.2, 0) is 0 Å². The summed E-state index contributed by atoms with van der Waals surface area (Å²) in [5.41, 5.74) is 1.27. The van der Waals surface area contributed by atoms with E-state index in [1.54, 1.807) is 30.6 Å². The maximum Gasteiger partial charge on any atom is 0.138 e. The van der Waals surface area contributed by atoms with Crippen LogP contribution in [0.3, 0.4) is 0 Å². The first-order valence-electron chi connectivity index (χ1n) is 6.22. The number of nitrogens with zero attached hydrogens (tertiary/aromatic N) is 1. The minimum absolute atomic E-state index is 0.0543. The van der Waals surface area contributed by atoms with E-state index in [2.05, 4.69) is 20.9 Å². The molecular formula is C15H15BrClNO2. The number of pyridine rings is 1. The van der Waals surface area contributed by atoms with Crippen LogP contribution < -0.4 is 4.74 Å². The predicted molar refractivity (Wildman–Crippen MR) is 83.2 cm³/mol. The second-order valence-electron chi connectivity index (χ2n) is 4.69. The van der Waals surface area contributed by atoms with Crippen molar-refractivity contribution in [3.8, 4) is 5.75 Å². The summed E-state index contributed by atoms with van der Waals surface area (Å²) < 4.78 is 6.44. The number of rotatable bonds is 4. The SMILES string of the molecule is CC(C)Oc1cncc(C(O)c2cc(Br)ccc2Cl)c1. The van der Waals surface area contributed by atoms with Gasteiger partial charge in [-0.2, -0.15) is 0 Å². The second-order valence-corrected chi connectivity index (χ2v) is 6.01. The van der Waals surface area contributed by atoms with Gasteiger partial charge in [0.25, 0.3) is 0 Å². The molecule has 0 aliphatic rings. The van der Waals surface area contributed by atoms with E-state index in [0.717, 1.165) is 4.47 Å². The molecular weight excluding hydrogens is 342 g/mol. The van der Waals surface area contributed by atoms with Crippen LogP contribution in [0, 0.1) is 0 Å². The minimum atomic E-state index is -0.844. The third-order valence-electron chi connectivity index (χ3n) is 2.67. The molecule has 1 N–H and O–H groups in total. The monoisotopic (exact) mass is 355 g/mol. The summed E-state index contributed by atoms with van der Waals surface area (Å²) in [6.45, 7) is 3.88. The summed E-state index contributed by atoms with van der Waals surface area (Å²) in [5, 5.41) is 11.0. The van der Waals surface area contributed by atoms with Crippen molar-refractivity contribution in [3.63, 3.8) is 0 Å². The van der Waals surface area contributed by atoms with Gasteiger partial charge < -0.3 is 9.84 Å². The lowest BCUT2D eigenvalue weighted by molar-refractivity contribution is 0.215. The first-order valence-corrected chi connectivity index (χ1v) is 7.39. The van der Waals surface area contributed by atoms with Gasteiger partial charge in [0.2, 0.25) is 0 Å². The molecule has 1 unspecified atom stereocenters. The lowest BCUT2D eigenvalue weighted by atomic mass is 10.0. The molecule has 1 atom stereocenters. The van der Waals surface area contributed by atoms with Gasteiger partial charge in [0.1, 0.15) is 11.9 Å². The number of benzene rings is 1. The van der Waals surface area contributed by atoms with Gasteiger partial charge in [-0.3, -0.25) is 4.98 Å². The molecule has 1 heterocycles. The average Bonchev–Trinajstić information content (AvgIpc) is 2.40. The first kappa shape index (κ1) is 15.3. The van der Waals surface area contributed by atoms with Crippen molar-refractivity contribution in [1.82, 2.24) is 4.98 Å². The Morgan fingerprint density at radius 3 is 2.70 bits per heavy atom. The highest BCUT2D eigenvalue weighted by Crippen LogP contribution is 2.31. The van der Waals surface area contributed by atoms with Crippen LogP contribution >= 0.6 is 27.5 Å². The van der Waals surface area contributed by atoms with Gasteiger partial charge in [-0.05, 0) is 38.1 Å². The maximum atomic E-state index is 10.5. The molecule has 3 nitrogen and oxygen atoms in total. The highest BCUT2D eigenvalue weighted by atomic mass is 79.9. The van der Waals surface area contributed by atoms with Gasteiger partial charge in [-0.1, -0.05) is 27.5 Å². The standard InChI is InChI=1S/C15H15BrClNO2/c1-9(2)20-12-5-10(7-18-8-12)15(19)13-6-11(16)3-4-14(13)17/h3-9,15,19H,1-2H3. The Kier molecular flexibility index (Phi) is 5.02. The summed E-state index contributed by atoms with van der Waals surface area (Å²) in [5.74, 6) is 0.627. The fraction of sp³-hybridized carbons (Fsp3) is 0.267. The summed E-state index contributed by atoms with van der Waals surface area (Å²) in [4.78, 5) is 4.10. The Morgan fingerprint density at radius 2 is 2.00 bits per heavy atom. The number of hydrogen-bond acceptors (Lipinski definition) is 3. The molecule has 0 aliphatic heterocycles. The van der Waals surface area contributed by atoms with E-state index in [0.29, 0.717) is 21.9 Å². The van der Waals surface area contributed by atoms with Gasteiger partial charge in [0.15, 0.2) is 0 Å². The van der Waals surface area contributed by atoms with Gasteiger partial charge in [0.05, 0.1) is 12.3 Å². The fourth-order valence-electron chi connectivity index (χ4n) is 1.83. The molecule has 0 spiro atoms. The third kappa shape index (κ3) is 3.72. The summed E-state index contributed by atoms with van der Waals surface area (Å²) in [6, 6.07) is 7.14. The number of aromatic nitrogens is 1. The summed E-state index contributed by atoms with van der Waals surface area (Å²) in [6.07, 6.45) is 2.44. The van der Waals surface area contributed by atoms with Crippen molar-refractivity contribution in [2.24, 2.45) is 0 Å². The molecule has 0 aliphatic carbocycles. The van der Waals surface area contributed by atoms with E-state index in [-0.39, 0.29) is 6.10 Å². The van der Waals surface area contributed by atoms with Crippen molar-refractivity contribution in [3.05, 3.63) is 57.3 Å². The number of ether oxygens (including phenoxy) is 1. The Morgan fingerprint density at radius 1 is 1.25 bits per heavy atom. The van der Waals surface area contributed by atoms with Crippen LogP contribution in [0.1, 0.15) is 31.1 Å². The van der Waals surface area contributed by atoms with E-state index in [1.807, 2.05) is 19.9 Å². The molecule has 0 amide bonds. The topological polar surface area (TPSA) is 42.4 Å². The van der Waals surface area contributed by atoms with Gasteiger partial charge in [-0.25, -0.2) is 0 Å². The van der Waals surface area contributed by atoms with Crippen molar-refractivity contribution < 1.29 is 9.84 Å². The van der Waals surface area contributed by atoms with E-state index in [9.17, 15) is 5.11 Å². The number of hydrogen-bond donors (Lipinski definition) is 1. The van der Waals surface area contributed by atoms with Gasteiger partial charge in [-0.15, -0.1) is 0 Å². The minimum Gasteiger partial charge on any atom is -0.489 e. The van der Waals surface area contributed by atoms with E-state index < -0.39 is 6.10 Å². The maximum absolute atomic E-state index is 10.5. The number of aliphatic hydroxyl groups is 1. The summed E-state index contributed by atoms with van der Waals surface area (Å²) >= 11 is 9.51. The van der Waals surface area contributed by atoms with Crippen LogP contribution in [0.15, 0.2) is 41.1 Å². The molecule has 2 rings (SSSR count). The normalized spacial score (nSPS) is 12.5. The Labute approximate surface area is 131 Å². The molecule has 1 aromatic carbocycles. The second kappa shape index (κ2) is 6.57. The quantitative estimate of drug-likeness (QED) is 0.884. The van der Waals surface area contributed by atoms with Crippen molar-refractivity contribution in [1.29, 1.82) is 0 Å². The van der Waals surface area contributed by atoms with Crippen molar-refractivity contribution in [2.45, 2.75) is 26.1 Å². The molecule has 1 aromatic heterocycles. The summed E-state index contributed by atoms with van der Waals surface area (Å²) in [7, 11) is 0. The van der Waals surface area contributed by atoms with Crippen LogP contribution in [-0.4, -0.2) is 16.2 Å². The zero-order valence-electron chi connectivity index (χ0n) is 11.2. The molecule has 20 heavy (non-hydrogen) atoms. The molecule has 0 saturated heterocycles. The molecule has 0 bridgehead atoms. The van der Waals surface area contributed by atoms with Crippen LogP contribution in [0.5, 0.6) is 5.75 Å². The fourth-order valence-corrected chi connectivity index (χ4v) is 2.43. The average molecular weight is 357 g/mol. The Bertz CT molecular complexity index is 604. The van der Waals surface area contributed by atoms with Crippen LogP contribution in [0.4, 0.5) is 0 Å². The molecule has 0 radical (unpaired) electrons. The van der Waals surface area contributed by atoms with E-state index in [4.69, 9.17) is 16.3 Å². The van der Waals surface area contributed by atoms with Crippen molar-refractivity contribution >= 4 is 27.5 Å². The molecule has 2 aromatic rings. The lowest BCUT2D eigenvalue weighted by Gasteiger charge is -2.15. The first-order chi connectivity index (χ1) is 9.47. The Balaban J connectivity index is 2.33. The Hall–Kier alpha value is -1.10. The zero-order chi connectivity index (χ0) is 14.7. The van der Waals surface area contributed by atoms with Gasteiger partial charge >= 0.3 is 0 Å². The van der Waals surface area contributed by atoms with E-state index in [1.165, 1.54) is 0 Å². The van der Waals surface area contributed by atoms with Crippen molar-refractivity contribution in [2.75, 3.05) is 0 Å². The van der Waals surface area contributed by atoms with Crippen LogP contribution in [0.25, 0.3) is 0 Å². The molecule has 5 heteroatoms. The van der Waals surface area contributed by atoms with Crippen LogP contribution in [0.2, 0.25) is 5.02 Å².